The number of hydrogen-bond acceptors (Lipinski definition) is 1. The average Bonchev–Trinajstić information content (AvgIpc) is 2.80. The van der Waals surface area contributed by atoms with E-state index in [1.807, 2.05) is 0 Å². The maximum absolute atomic E-state index is 13.6. The number of aromatic amines is 1. The fourth-order valence-electron chi connectivity index (χ4n) is 2.32. The molecule has 0 radical (unpaired) electrons. The first-order valence-corrected chi connectivity index (χ1v) is 6.50. The van der Waals surface area contributed by atoms with Crippen LogP contribution in [-0.2, 0) is 0 Å². The molecular formula is C16H11F3N2O. The number of amides is 1. The molecular weight excluding hydrogens is 293 g/mol. The van der Waals surface area contributed by atoms with Gasteiger partial charge in [-0.05, 0) is 42.8 Å². The Bertz CT molecular complexity index is 866. The lowest BCUT2D eigenvalue weighted by Gasteiger charge is -2.07. The highest BCUT2D eigenvalue weighted by Crippen LogP contribution is 2.24. The molecule has 0 bridgehead atoms. The number of halogens is 3. The predicted octanol–water partition coefficient (Wildman–Crippen LogP) is 4.15. The molecule has 0 saturated heterocycles. The van der Waals surface area contributed by atoms with Crippen LogP contribution in [0.25, 0.3) is 10.9 Å². The molecule has 22 heavy (non-hydrogen) atoms. The van der Waals surface area contributed by atoms with E-state index in [2.05, 4.69) is 10.3 Å². The summed E-state index contributed by atoms with van der Waals surface area (Å²) in [5.74, 6) is -2.86. The highest BCUT2D eigenvalue weighted by molar-refractivity contribution is 6.07. The first kappa shape index (κ1) is 14.2. The minimum Gasteiger partial charge on any atom is -0.350 e. The summed E-state index contributed by atoms with van der Waals surface area (Å²) in [6.45, 7) is 1.63. The van der Waals surface area contributed by atoms with E-state index >= 15 is 0 Å². The van der Waals surface area contributed by atoms with Gasteiger partial charge in [0, 0.05) is 10.9 Å². The van der Waals surface area contributed by atoms with Crippen LogP contribution in [0.15, 0.2) is 36.4 Å². The number of fused-ring (bicyclic) bond motifs is 1. The minimum absolute atomic E-state index is 0.128. The second-order valence-corrected chi connectivity index (χ2v) is 4.87. The van der Waals surface area contributed by atoms with E-state index in [1.54, 1.807) is 6.92 Å². The monoisotopic (exact) mass is 304 g/mol. The second kappa shape index (κ2) is 5.22. The summed E-state index contributed by atoms with van der Waals surface area (Å²) in [5.41, 5.74) is 0.682. The van der Waals surface area contributed by atoms with Crippen molar-refractivity contribution < 1.29 is 18.0 Å². The zero-order valence-electron chi connectivity index (χ0n) is 11.5. The number of anilines is 1. The highest BCUT2D eigenvalue weighted by Gasteiger charge is 2.18. The standard InChI is InChI=1S/C16H11F3N2O/c1-8-10-7-9(17)5-6-13(10)20-14(8)16(22)21-15-11(18)3-2-4-12(15)19/h2-7,20H,1H3,(H,21,22). The van der Waals surface area contributed by atoms with E-state index in [-0.39, 0.29) is 5.69 Å². The summed E-state index contributed by atoms with van der Waals surface area (Å²) in [5, 5.41) is 2.74. The molecule has 0 aliphatic rings. The van der Waals surface area contributed by atoms with Crippen LogP contribution >= 0.6 is 0 Å². The van der Waals surface area contributed by atoms with Gasteiger partial charge < -0.3 is 10.3 Å². The van der Waals surface area contributed by atoms with Gasteiger partial charge in [-0.25, -0.2) is 13.2 Å². The zero-order valence-corrected chi connectivity index (χ0v) is 11.5. The van der Waals surface area contributed by atoms with Gasteiger partial charge in [-0.3, -0.25) is 4.79 Å². The van der Waals surface area contributed by atoms with Crippen molar-refractivity contribution in [2.45, 2.75) is 6.92 Å². The number of carbonyl (C=O) groups is 1. The van der Waals surface area contributed by atoms with Crippen LogP contribution in [0.1, 0.15) is 16.1 Å². The third-order valence-corrected chi connectivity index (χ3v) is 3.45. The normalized spacial score (nSPS) is 10.9. The Balaban J connectivity index is 2.01. The number of aryl methyl sites for hydroxylation is 1. The Kier molecular flexibility index (Phi) is 3.36. The molecule has 1 amide bonds. The van der Waals surface area contributed by atoms with E-state index in [1.165, 1.54) is 24.3 Å². The smallest absolute Gasteiger partial charge is 0.272 e. The molecule has 1 heterocycles. The van der Waals surface area contributed by atoms with Crippen LogP contribution in [-0.4, -0.2) is 10.9 Å². The number of H-pyrrole nitrogens is 1. The van der Waals surface area contributed by atoms with Crippen LogP contribution in [0.5, 0.6) is 0 Å². The summed E-state index contributed by atoms with van der Waals surface area (Å²) in [4.78, 5) is 15.1. The van der Waals surface area contributed by atoms with Crippen molar-refractivity contribution in [1.29, 1.82) is 0 Å². The molecule has 0 fully saturated rings. The van der Waals surface area contributed by atoms with Crippen molar-refractivity contribution in [3.05, 3.63) is 65.1 Å². The lowest BCUT2D eigenvalue weighted by Crippen LogP contribution is -2.15. The van der Waals surface area contributed by atoms with E-state index in [0.29, 0.717) is 16.5 Å². The Labute approximate surface area is 123 Å². The van der Waals surface area contributed by atoms with Crippen LogP contribution < -0.4 is 5.32 Å². The van der Waals surface area contributed by atoms with Gasteiger partial charge in [-0.1, -0.05) is 6.07 Å². The molecule has 0 spiro atoms. The number of hydrogen-bond donors (Lipinski definition) is 2. The number of para-hydroxylation sites is 1. The van der Waals surface area contributed by atoms with Gasteiger partial charge in [0.25, 0.3) is 5.91 Å². The molecule has 1 aromatic heterocycles. The van der Waals surface area contributed by atoms with Crippen LogP contribution in [0.4, 0.5) is 18.9 Å². The summed E-state index contributed by atoms with van der Waals surface area (Å²) in [6.07, 6.45) is 0. The molecule has 3 rings (SSSR count). The van der Waals surface area contributed by atoms with Gasteiger partial charge in [0.15, 0.2) is 0 Å². The number of carbonyl (C=O) groups excluding carboxylic acids is 1. The SMILES string of the molecule is Cc1c(C(=O)Nc2c(F)cccc2F)[nH]c2ccc(F)cc12. The predicted molar refractivity (Wildman–Crippen MR) is 77.3 cm³/mol. The van der Waals surface area contributed by atoms with E-state index < -0.39 is 29.0 Å². The molecule has 0 atom stereocenters. The third kappa shape index (κ3) is 2.32. The van der Waals surface area contributed by atoms with Crippen molar-refractivity contribution in [3.63, 3.8) is 0 Å². The lowest BCUT2D eigenvalue weighted by atomic mass is 10.1. The topological polar surface area (TPSA) is 44.9 Å². The Morgan fingerprint density at radius 3 is 2.45 bits per heavy atom. The molecule has 0 aliphatic carbocycles. The second-order valence-electron chi connectivity index (χ2n) is 4.87. The largest absolute Gasteiger partial charge is 0.350 e. The number of aromatic nitrogens is 1. The first-order valence-electron chi connectivity index (χ1n) is 6.50. The quantitative estimate of drug-likeness (QED) is 0.734. The van der Waals surface area contributed by atoms with Gasteiger partial charge in [-0.15, -0.1) is 0 Å². The number of rotatable bonds is 2. The molecule has 6 heteroatoms. The highest BCUT2D eigenvalue weighted by atomic mass is 19.1. The molecule has 2 N–H and O–H groups in total. The maximum atomic E-state index is 13.6. The van der Waals surface area contributed by atoms with Crippen LogP contribution in [0.3, 0.4) is 0 Å². The molecule has 0 unspecified atom stereocenters. The average molecular weight is 304 g/mol. The van der Waals surface area contributed by atoms with Gasteiger partial charge in [-0.2, -0.15) is 0 Å². The Morgan fingerprint density at radius 2 is 1.77 bits per heavy atom. The van der Waals surface area contributed by atoms with E-state index in [0.717, 1.165) is 12.1 Å². The zero-order chi connectivity index (χ0) is 15.9. The summed E-state index contributed by atoms with van der Waals surface area (Å²) >= 11 is 0. The minimum atomic E-state index is -0.867. The molecule has 112 valence electrons. The molecule has 0 saturated carbocycles. The number of nitrogens with one attached hydrogen (secondary N) is 2. The lowest BCUT2D eigenvalue weighted by molar-refractivity contribution is 0.102. The molecule has 3 aromatic rings. The van der Waals surface area contributed by atoms with E-state index in [4.69, 9.17) is 0 Å². The molecule has 2 aromatic carbocycles. The van der Waals surface area contributed by atoms with Crippen molar-refractivity contribution in [1.82, 2.24) is 4.98 Å². The van der Waals surface area contributed by atoms with Crippen molar-refractivity contribution in [3.8, 4) is 0 Å². The first-order chi connectivity index (χ1) is 10.5. The van der Waals surface area contributed by atoms with Crippen molar-refractivity contribution in [2.24, 2.45) is 0 Å². The molecule has 0 aliphatic heterocycles. The third-order valence-electron chi connectivity index (χ3n) is 3.45. The van der Waals surface area contributed by atoms with Crippen molar-refractivity contribution in [2.75, 3.05) is 5.32 Å². The van der Waals surface area contributed by atoms with Gasteiger partial charge in [0.05, 0.1) is 0 Å². The van der Waals surface area contributed by atoms with Crippen molar-refractivity contribution >= 4 is 22.5 Å². The summed E-state index contributed by atoms with van der Waals surface area (Å²) < 4.78 is 40.4. The number of benzene rings is 2. The fraction of sp³-hybridized carbons (Fsp3) is 0.0625. The van der Waals surface area contributed by atoms with Gasteiger partial charge in [0.1, 0.15) is 28.8 Å². The molecule has 3 nitrogen and oxygen atoms in total. The summed E-state index contributed by atoms with van der Waals surface area (Å²) in [7, 11) is 0. The van der Waals surface area contributed by atoms with Gasteiger partial charge >= 0.3 is 0 Å². The van der Waals surface area contributed by atoms with Crippen LogP contribution in [0.2, 0.25) is 0 Å². The maximum Gasteiger partial charge on any atom is 0.272 e. The van der Waals surface area contributed by atoms with Crippen LogP contribution in [0, 0.1) is 24.4 Å². The van der Waals surface area contributed by atoms with Gasteiger partial charge in [0.2, 0.25) is 0 Å². The fourth-order valence-corrected chi connectivity index (χ4v) is 2.32. The van der Waals surface area contributed by atoms with E-state index in [9.17, 15) is 18.0 Å². The summed E-state index contributed by atoms with van der Waals surface area (Å²) in [6, 6.07) is 7.35. The Hall–Kier alpha value is -2.76. The Morgan fingerprint density at radius 1 is 1.09 bits per heavy atom.